The molecule has 0 heterocycles. The standard InChI is InChI=1S/C11H17O5P/c1-3-15-17(14,16-4-2)8-9-5-6-10(12)11(13)7-9/h5-7,12-13H,3-4,8H2,1-2H3. The van der Waals surface area contributed by atoms with Gasteiger partial charge in [0.15, 0.2) is 11.5 Å². The summed E-state index contributed by atoms with van der Waals surface area (Å²) in [6, 6.07) is 4.26. The van der Waals surface area contributed by atoms with E-state index in [9.17, 15) is 10.00 Å². The molecule has 1 rings (SSSR count). The van der Waals surface area contributed by atoms with Crippen molar-refractivity contribution in [3.63, 3.8) is 0 Å². The van der Waals surface area contributed by atoms with Crippen LogP contribution in [0.1, 0.15) is 19.4 Å². The first-order chi connectivity index (χ1) is 8.00. The number of hydrogen-bond acceptors (Lipinski definition) is 5. The van der Waals surface area contributed by atoms with E-state index in [1.54, 1.807) is 19.9 Å². The van der Waals surface area contributed by atoms with E-state index >= 15 is 0 Å². The molecule has 0 amide bonds. The van der Waals surface area contributed by atoms with Gasteiger partial charge in [-0.05, 0) is 31.5 Å². The third kappa shape index (κ3) is 4.13. The van der Waals surface area contributed by atoms with Crippen LogP contribution in [0.4, 0.5) is 0 Å². The second-order valence-corrected chi connectivity index (χ2v) is 5.48. The van der Waals surface area contributed by atoms with Crippen molar-refractivity contribution < 1.29 is 24.2 Å². The van der Waals surface area contributed by atoms with E-state index in [0.29, 0.717) is 18.8 Å². The SMILES string of the molecule is CCO[P+]([O-])(Cc1ccc(O)c(O)c1)OCC. The van der Waals surface area contributed by atoms with Gasteiger partial charge < -0.3 is 15.1 Å². The van der Waals surface area contributed by atoms with Crippen molar-refractivity contribution in [2.24, 2.45) is 0 Å². The Hall–Kier alpha value is -0.870. The average Bonchev–Trinajstić information content (AvgIpc) is 2.24. The molecular weight excluding hydrogens is 243 g/mol. The van der Waals surface area contributed by atoms with E-state index in [2.05, 4.69) is 0 Å². The summed E-state index contributed by atoms with van der Waals surface area (Å²) in [5.74, 6) is -0.460. The van der Waals surface area contributed by atoms with E-state index in [4.69, 9.17) is 14.2 Å². The molecular formula is C11H17O5P. The van der Waals surface area contributed by atoms with Crippen LogP contribution >= 0.6 is 7.94 Å². The average molecular weight is 260 g/mol. The molecule has 0 saturated carbocycles. The zero-order valence-corrected chi connectivity index (χ0v) is 10.8. The summed E-state index contributed by atoms with van der Waals surface area (Å²) in [6.45, 7) is 4.06. The highest BCUT2D eigenvalue weighted by molar-refractivity contribution is 7.58. The Kier molecular flexibility index (Phi) is 5.15. The lowest BCUT2D eigenvalue weighted by molar-refractivity contribution is -0.219. The van der Waals surface area contributed by atoms with Gasteiger partial charge in [-0.2, -0.15) is 0 Å². The molecule has 17 heavy (non-hydrogen) atoms. The minimum Gasteiger partial charge on any atom is -0.631 e. The first kappa shape index (κ1) is 14.2. The van der Waals surface area contributed by atoms with E-state index in [1.807, 2.05) is 0 Å². The van der Waals surface area contributed by atoms with Gasteiger partial charge in [0.05, 0.1) is 13.2 Å². The van der Waals surface area contributed by atoms with Crippen LogP contribution in [0.3, 0.4) is 0 Å². The predicted molar refractivity (Wildman–Crippen MR) is 63.6 cm³/mol. The molecule has 0 bridgehead atoms. The molecule has 96 valence electrons. The molecule has 0 atom stereocenters. The molecule has 0 radical (unpaired) electrons. The molecule has 0 unspecified atom stereocenters. The lowest BCUT2D eigenvalue weighted by Gasteiger charge is -2.26. The van der Waals surface area contributed by atoms with Crippen LogP contribution in [0.25, 0.3) is 0 Å². The number of benzene rings is 1. The third-order valence-electron chi connectivity index (χ3n) is 2.07. The van der Waals surface area contributed by atoms with E-state index in [1.165, 1.54) is 12.1 Å². The first-order valence-corrected chi connectivity index (χ1v) is 7.12. The van der Waals surface area contributed by atoms with Crippen LogP contribution in [0.15, 0.2) is 18.2 Å². The first-order valence-electron chi connectivity index (χ1n) is 5.39. The monoisotopic (exact) mass is 260 g/mol. The normalized spacial score (nSPS) is 11.7. The van der Waals surface area contributed by atoms with Gasteiger partial charge in [0.1, 0.15) is 6.16 Å². The molecule has 0 aliphatic carbocycles. The van der Waals surface area contributed by atoms with Crippen molar-refractivity contribution in [3.8, 4) is 11.5 Å². The molecule has 0 spiro atoms. The molecule has 0 aliphatic heterocycles. The number of hydrogen-bond donors (Lipinski definition) is 2. The van der Waals surface area contributed by atoms with E-state index in [0.717, 1.165) is 0 Å². The fourth-order valence-corrected chi connectivity index (χ4v) is 3.10. The molecule has 1 aromatic rings. The predicted octanol–water partition coefficient (Wildman–Crippen LogP) is 1.79. The smallest absolute Gasteiger partial charge is 0.242 e. The highest BCUT2D eigenvalue weighted by Gasteiger charge is 2.29. The van der Waals surface area contributed by atoms with Crippen LogP contribution in [-0.4, -0.2) is 23.4 Å². The Labute approximate surface area is 101 Å². The molecule has 0 saturated heterocycles. The number of phenols is 2. The lowest BCUT2D eigenvalue weighted by Crippen LogP contribution is -2.18. The van der Waals surface area contributed by atoms with Gasteiger partial charge in [-0.1, -0.05) is 6.07 Å². The van der Waals surface area contributed by atoms with Crippen LogP contribution < -0.4 is 4.89 Å². The summed E-state index contributed by atoms with van der Waals surface area (Å²) in [4.78, 5) is 12.2. The largest absolute Gasteiger partial charge is 0.631 e. The van der Waals surface area contributed by atoms with E-state index < -0.39 is 7.94 Å². The summed E-state index contributed by atoms with van der Waals surface area (Å²) < 4.78 is 10.3. The van der Waals surface area contributed by atoms with Crippen LogP contribution in [0.5, 0.6) is 11.5 Å². The number of rotatable bonds is 6. The molecule has 5 nitrogen and oxygen atoms in total. The fraction of sp³-hybridized carbons (Fsp3) is 0.455. The zero-order chi connectivity index (χ0) is 12.9. The van der Waals surface area contributed by atoms with Gasteiger partial charge in [-0.3, -0.25) is 0 Å². The fourth-order valence-electron chi connectivity index (χ4n) is 1.41. The Morgan fingerprint density at radius 2 is 1.71 bits per heavy atom. The molecule has 1 aromatic carbocycles. The number of aromatic hydroxyl groups is 2. The summed E-state index contributed by atoms with van der Waals surface area (Å²) in [5.41, 5.74) is 0.588. The minimum atomic E-state index is -3.17. The number of phenolic OH excluding ortho intramolecular Hbond substituents is 2. The molecule has 0 aliphatic rings. The minimum absolute atomic E-state index is 0.0719. The maximum absolute atomic E-state index is 12.2. The Balaban J connectivity index is 2.81. The highest BCUT2D eigenvalue weighted by Crippen LogP contribution is 2.55. The Morgan fingerprint density at radius 3 is 2.18 bits per heavy atom. The van der Waals surface area contributed by atoms with Gasteiger partial charge >= 0.3 is 0 Å². The van der Waals surface area contributed by atoms with Crippen LogP contribution in [-0.2, 0) is 15.2 Å². The van der Waals surface area contributed by atoms with Gasteiger partial charge in [-0.25, -0.2) is 9.05 Å². The summed E-state index contributed by atoms with van der Waals surface area (Å²) in [6.07, 6.45) is 0.0719. The third-order valence-corrected chi connectivity index (χ3v) is 4.12. The zero-order valence-electron chi connectivity index (χ0n) is 9.92. The molecule has 6 heteroatoms. The summed E-state index contributed by atoms with van der Waals surface area (Å²) >= 11 is 0. The molecule has 0 aromatic heterocycles. The highest BCUT2D eigenvalue weighted by atomic mass is 31.2. The summed E-state index contributed by atoms with van der Waals surface area (Å²) in [7, 11) is -3.17. The maximum atomic E-state index is 12.2. The molecule has 0 fully saturated rings. The van der Waals surface area contributed by atoms with Crippen molar-refractivity contribution in [1.29, 1.82) is 0 Å². The van der Waals surface area contributed by atoms with Crippen molar-refractivity contribution >= 4 is 7.94 Å². The summed E-state index contributed by atoms with van der Waals surface area (Å²) in [5, 5.41) is 18.5. The Bertz CT molecular complexity index is 363. The molecule has 2 N–H and O–H groups in total. The second-order valence-electron chi connectivity index (χ2n) is 3.43. The lowest BCUT2D eigenvalue weighted by atomic mass is 10.2. The van der Waals surface area contributed by atoms with Crippen molar-refractivity contribution in [2.75, 3.05) is 13.2 Å². The van der Waals surface area contributed by atoms with Gasteiger partial charge in [0.25, 0.3) is 0 Å². The Morgan fingerprint density at radius 1 is 1.12 bits per heavy atom. The van der Waals surface area contributed by atoms with Crippen molar-refractivity contribution in [3.05, 3.63) is 23.8 Å². The topological polar surface area (TPSA) is 82.0 Å². The maximum Gasteiger partial charge on any atom is 0.242 e. The van der Waals surface area contributed by atoms with Crippen LogP contribution in [0, 0.1) is 0 Å². The quantitative estimate of drug-likeness (QED) is 0.602. The van der Waals surface area contributed by atoms with E-state index in [-0.39, 0.29) is 17.7 Å². The van der Waals surface area contributed by atoms with Gasteiger partial charge in [0, 0.05) is 0 Å². The van der Waals surface area contributed by atoms with Gasteiger partial charge in [0.2, 0.25) is 7.94 Å². The van der Waals surface area contributed by atoms with Gasteiger partial charge in [-0.15, -0.1) is 0 Å². The second kappa shape index (κ2) is 6.17. The van der Waals surface area contributed by atoms with Crippen molar-refractivity contribution in [1.82, 2.24) is 0 Å². The van der Waals surface area contributed by atoms with Crippen LogP contribution in [0.2, 0.25) is 0 Å². The van der Waals surface area contributed by atoms with Crippen molar-refractivity contribution in [2.45, 2.75) is 20.0 Å².